The van der Waals surface area contributed by atoms with Crippen LogP contribution in [-0.2, 0) is 11.2 Å². The minimum atomic E-state index is -0.972. The van der Waals surface area contributed by atoms with Crippen LogP contribution >= 0.6 is 0 Å². The molecule has 1 aliphatic rings. The van der Waals surface area contributed by atoms with E-state index in [1.165, 1.54) is 7.11 Å². The van der Waals surface area contributed by atoms with Gasteiger partial charge in [-0.05, 0) is 35.3 Å². The molecule has 0 bridgehead atoms. The predicted molar refractivity (Wildman–Crippen MR) is 103 cm³/mol. The number of hydrogen-bond acceptors (Lipinski definition) is 3. The molecule has 1 aliphatic carbocycles. The fraction of sp³-hybridized carbons (Fsp3) is 0.182. The zero-order valence-corrected chi connectivity index (χ0v) is 15.1. The number of carboxylic acid groups (broad SMARTS) is 1. The van der Waals surface area contributed by atoms with Crippen LogP contribution in [-0.4, -0.2) is 18.2 Å². The first-order valence-electron chi connectivity index (χ1n) is 8.46. The lowest BCUT2D eigenvalue weighted by Gasteiger charge is -2.14. The molecule has 0 radical (unpaired) electrons. The second kappa shape index (κ2) is 8.68. The minimum Gasteiger partial charge on any atom is -0.495 e. The molecule has 3 rings (SSSR count). The van der Waals surface area contributed by atoms with E-state index >= 15 is 0 Å². The van der Waals surface area contributed by atoms with Crippen LogP contribution in [0.3, 0.4) is 0 Å². The average molecular weight is 347 g/mol. The zero-order chi connectivity index (χ0) is 19.1. The first kappa shape index (κ1) is 19.0. The summed E-state index contributed by atoms with van der Waals surface area (Å²) in [7, 11) is 1.53. The van der Waals surface area contributed by atoms with Crippen molar-refractivity contribution in [1.29, 1.82) is 5.26 Å². The van der Waals surface area contributed by atoms with Crippen LogP contribution < -0.4 is 4.74 Å². The lowest BCUT2D eigenvalue weighted by atomic mass is 9.91. The van der Waals surface area contributed by atoms with Gasteiger partial charge in [-0.2, -0.15) is 5.26 Å². The summed E-state index contributed by atoms with van der Waals surface area (Å²) >= 11 is 0. The summed E-state index contributed by atoms with van der Waals surface area (Å²) in [6.07, 6.45) is 5.76. The van der Waals surface area contributed by atoms with Crippen LogP contribution in [0.1, 0.15) is 30.5 Å². The van der Waals surface area contributed by atoms with Gasteiger partial charge in [-0.1, -0.05) is 56.3 Å². The Kier molecular flexibility index (Phi) is 6.35. The summed E-state index contributed by atoms with van der Waals surface area (Å²) in [6, 6.07) is 13.4. The molecule has 4 nitrogen and oxygen atoms in total. The largest absolute Gasteiger partial charge is 0.495 e. The van der Waals surface area contributed by atoms with Gasteiger partial charge in [0.1, 0.15) is 17.4 Å². The molecule has 26 heavy (non-hydrogen) atoms. The number of allylic oxidation sites excluding steroid dienone is 1. The molecule has 0 amide bonds. The molecular formula is C22H21NO3. The van der Waals surface area contributed by atoms with Gasteiger partial charge in [-0.15, -0.1) is 0 Å². The first-order valence-corrected chi connectivity index (χ1v) is 8.46. The van der Waals surface area contributed by atoms with Crippen molar-refractivity contribution in [3.63, 3.8) is 0 Å². The highest BCUT2D eigenvalue weighted by atomic mass is 16.5. The summed E-state index contributed by atoms with van der Waals surface area (Å²) in [5, 5.41) is 18.9. The maximum absolute atomic E-state index is 11.4. The van der Waals surface area contributed by atoms with Gasteiger partial charge in [0.05, 0.1) is 12.7 Å². The monoisotopic (exact) mass is 347 g/mol. The second-order valence-electron chi connectivity index (χ2n) is 5.38. The quantitative estimate of drug-likeness (QED) is 0.862. The van der Waals surface area contributed by atoms with Crippen molar-refractivity contribution in [3.05, 3.63) is 70.8 Å². The Morgan fingerprint density at radius 2 is 1.85 bits per heavy atom. The Hall–Kier alpha value is -3.32. The van der Waals surface area contributed by atoms with E-state index in [2.05, 4.69) is 6.07 Å². The highest BCUT2D eigenvalue weighted by Gasteiger charge is 2.17. The molecule has 1 N–H and O–H groups in total. The Bertz CT molecular complexity index is 917. The van der Waals surface area contributed by atoms with Crippen molar-refractivity contribution in [1.82, 2.24) is 0 Å². The maximum Gasteiger partial charge on any atom is 0.335 e. The standard InChI is InChI=1S/C20H15NO3.C2H6/c1-24-19-10-4-9-16(18(19)12-21)15-8-3-6-13-5-2-7-14(20(22)23)11-17(13)15;1-2/h2-4,6-11H,5H2,1H3,(H,22,23);1-2H3. The van der Waals surface area contributed by atoms with Crippen LogP contribution in [0, 0.1) is 11.3 Å². The number of methoxy groups -OCH3 is 1. The molecule has 0 spiro atoms. The maximum atomic E-state index is 11.4. The third-order valence-electron chi connectivity index (χ3n) is 4.03. The molecule has 0 aromatic heterocycles. The fourth-order valence-corrected chi connectivity index (χ4v) is 2.89. The highest BCUT2D eigenvalue weighted by Crippen LogP contribution is 2.35. The van der Waals surface area contributed by atoms with Gasteiger partial charge in [0, 0.05) is 5.56 Å². The van der Waals surface area contributed by atoms with Crippen LogP contribution in [0.2, 0.25) is 0 Å². The molecule has 0 saturated carbocycles. The molecule has 2 aromatic rings. The number of carboxylic acids is 1. The topological polar surface area (TPSA) is 70.3 Å². The number of hydrogen-bond donors (Lipinski definition) is 1. The first-order chi connectivity index (χ1) is 12.7. The van der Waals surface area contributed by atoms with Crippen LogP contribution in [0.15, 0.2) is 54.1 Å². The third-order valence-corrected chi connectivity index (χ3v) is 4.03. The van der Waals surface area contributed by atoms with E-state index in [0.717, 1.165) is 22.3 Å². The second-order valence-corrected chi connectivity index (χ2v) is 5.38. The molecule has 0 aliphatic heterocycles. The molecule has 0 saturated heterocycles. The third kappa shape index (κ3) is 3.68. The molecule has 0 unspecified atom stereocenters. The van der Waals surface area contributed by atoms with E-state index in [0.29, 0.717) is 17.7 Å². The smallest absolute Gasteiger partial charge is 0.335 e. The normalized spacial score (nSPS) is 11.8. The molecule has 0 atom stereocenters. The number of fused-ring (bicyclic) bond motifs is 1. The Morgan fingerprint density at radius 3 is 2.50 bits per heavy atom. The summed E-state index contributed by atoms with van der Waals surface area (Å²) in [5.74, 6) is -0.471. The van der Waals surface area contributed by atoms with E-state index in [4.69, 9.17) is 4.74 Å². The van der Waals surface area contributed by atoms with Crippen molar-refractivity contribution in [2.75, 3.05) is 7.11 Å². The molecular weight excluding hydrogens is 326 g/mol. The summed E-state index contributed by atoms with van der Waals surface area (Å²) in [4.78, 5) is 11.4. The summed E-state index contributed by atoms with van der Waals surface area (Å²) < 4.78 is 5.28. The number of nitriles is 1. The van der Waals surface area contributed by atoms with Crippen molar-refractivity contribution in [3.8, 4) is 22.9 Å². The minimum absolute atomic E-state index is 0.225. The van der Waals surface area contributed by atoms with E-state index in [9.17, 15) is 15.2 Å². The predicted octanol–water partition coefficient (Wildman–Crippen LogP) is 4.84. The SMILES string of the molecule is CC.COc1cccc(-c2cccc3c2C=C(C(=O)O)C=CC3)c1C#N. The highest BCUT2D eigenvalue weighted by molar-refractivity contribution is 5.98. The van der Waals surface area contributed by atoms with Gasteiger partial charge in [0.15, 0.2) is 0 Å². The average Bonchev–Trinajstić information content (AvgIpc) is 2.91. The zero-order valence-electron chi connectivity index (χ0n) is 15.1. The number of carbonyl (C=O) groups is 1. The number of nitrogens with zero attached hydrogens (tertiary/aromatic N) is 1. The van der Waals surface area contributed by atoms with Crippen LogP contribution in [0.5, 0.6) is 5.75 Å². The number of rotatable bonds is 3. The van der Waals surface area contributed by atoms with Crippen molar-refractivity contribution >= 4 is 12.0 Å². The summed E-state index contributed by atoms with van der Waals surface area (Å²) in [5.41, 5.74) is 4.07. The van der Waals surface area contributed by atoms with E-state index < -0.39 is 5.97 Å². The molecule has 4 heteroatoms. The number of benzene rings is 2. The van der Waals surface area contributed by atoms with Crippen molar-refractivity contribution in [2.45, 2.75) is 20.3 Å². The number of ether oxygens (including phenoxy) is 1. The van der Waals surface area contributed by atoms with Gasteiger partial charge in [0.2, 0.25) is 0 Å². The lowest BCUT2D eigenvalue weighted by Crippen LogP contribution is -1.98. The Labute approximate surface area is 153 Å². The van der Waals surface area contributed by atoms with Crippen LogP contribution in [0.4, 0.5) is 0 Å². The van der Waals surface area contributed by atoms with Gasteiger partial charge in [0.25, 0.3) is 0 Å². The molecule has 2 aromatic carbocycles. The molecule has 0 heterocycles. The molecule has 0 fully saturated rings. The molecule has 132 valence electrons. The van der Waals surface area contributed by atoms with Crippen LogP contribution in [0.25, 0.3) is 17.2 Å². The van der Waals surface area contributed by atoms with E-state index in [1.54, 1.807) is 18.2 Å². The number of aliphatic carboxylic acids is 1. The van der Waals surface area contributed by atoms with E-state index in [1.807, 2.05) is 50.3 Å². The van der Waals surface area contributed by atoms with Gasteiger partial charge >= 0.3 is 5.97 Å². The van der Waals surface area contributed by atoms with Gasteiger partial charge < -0.3 is 9.84 Å². The van der Waals surface area contributed by atoms with E-state index in [-0.39, 0.29) is 5.57 Å². The Morgan fingerprint density at radius 1 is 1.15 bits per heavy atom. The Balaban J connectivity index is 0.00000117. The lowest BCUT2D eigenvalue weighted by molar-refractivity contribution is -0.132. The van der Waals surface area contributed by atoms with Gasteiger partial charge in [-0.3, -0.25) is 0 Å². The van der Waals surface area contributed by atoms with Gasteiger partial charge in [-0.25, -0.2) is 4.79 Å². The summed E-state index contributed by atoms with van der Waals surface area (Å²) in [6.45, 7) is 4.00. The van der Waals surface area contributed by atoms with Crippen molar-refractivity contribution in [2.24, 2.45) is 0 Å². The fourth-order valence-electron chi connectivity index (χ4n) is 2.89. The van der Waals surface area contributed by atoms with Crippen molar-refractivity contribution < 1.29 is 14.6 Å².